The Kier molecular flexibility index (Phi) is 5.77. The Balaban J connectivity index is 2.34. The lowest BCUT2D eigenvalue weighted by Crippen LogP contribution is -2.30. The van der Waals surface area contributed by atoms with Gasteiger partial charge in [-0.1, -0.05) is 23.2 Å². The van der Waals surface area contributed by atoms with Gasteiger partial charge in [0.05, 0.1) is 27.8 Å². The van der Waals surface area contributed by atoms with Gasteiger partial charge in [0.25, 0.3) is 0 Å². The SMILES string of the molecule is CCN(CC(=O)c1cc(O)cc(C(=O)O)c1N)c1ccc(Cl)c(Cl)c1. The zero-order chi connectivity index (χ0) is 18.7. The number of hydrogen-bond acceptors (Lipinski definition) is 5. The zero-order valence-corrected chi connectivity index (χ0v) is 14.8. The Labute approximate surface area is 154 Å². The Hall–Kier alpha value is -2.44. The maximum atomic E-state index is 12.6. The number of phenols is 1. The fourth-order valence-electron chi connectivity index (χ4n) is 2.37. The number of hydrogen-bond donors (Lipinski definition) is 3. The number of phenolic OH excluding ortho intramolecular Hbond substituents is 1. The van der Waals surface area contributed by atoms with Crippen molar-refractivity contribution in [3.63, 3.8) is 0 Å². The molecular weight excluding hydrogens is 367 g/mol. The first kappa shape index (κ1) is 18.9. The van der Waals surface area contributed by atoms with E-state index in [9.17, 15) is 14.7 Å². The van der Waals surface area contributed by atoms with Gasteiger partial charge in [0.15, 0.2) is 5.78 Å². The lowest BCUT2D eigenvalue weighted by atomic mass is 10.0. The number of aromatic carboxylic acids is 1. The molecule has 25 heavy (non-hydrogen) atoms. The molecule has 0 bridgehead atoms. The standard InChI is InChI=1S/C17H16Cl2N2O4/c1-2-21(9-3-4-13(18)14(19)5-9)8-15(23)11-6-10(22)7-12(16(11)20)17(24)25/h3-7,22H,2,8,20H2,1H3,(H,24,25). The number of halogens is 2. The molecule has 0 aromatic heterocycles. The molecule has 8 heteroatoms. The van der Waals surface area contributed by atoms with Crippen LogP contribution in [0.4, 0.5) is 11.4 Å². The van der Waals surface area contributed by atoms with E-state index in [1.165, 1.54) is 0 Å². The molecule has 0 fully saturated rings. The van der Waals surface area contributed by atoms with E-state index in [1.54, 1.807) is 23.1 Å². The van der Waals surface area contributed by atoms with E-state index in [2.05, 4.69) is 0 Å². The van der Waals surface area contributed by atoms with Gasteiger partial charge in [0, 0.05) is 17.8 Å². The van der Waals surface area contributed by atoms with Gasteiger partial charge < -0.3 is 20.8 Å². The van der Waals surface area contributed by atoms with Crippen LogP contribution in [0.1, 0.15) is 27.6 Å². The molecule has 0 radical (unpaired) electrons. The van der Waals surface area contributed by atoms with Gasteiger partial charge in [-0.25, -0.2) is 4.79 Å². The second kappa shape index (κ2) is 7.63. The van der Waals surface area contributed by atoms with Gasteiger partial charge in [-0.2, -0.15) is 0 Å². The second-order valence-corrected chi connectivity index (χ2v) is 6.11. The number of nitrogens with two attached hydrogens (primary N) is 1. The van der Waals surface area contributed by atoms with Gasteiger partial charge in [-0.05, 0) is 37.3 Å². The molecule has 2 aromatic carbocycles. The largest absolute Gasteiger partial charge is 0.508 e. The number of carboxylic acid groups (broad SMARTS) is 1. The number of rotatable bonds is 6. The number of carboxylic acids is 1. The fourth-order valence-corrected chi connectivity index (χ4v) is 2.66. The van der Waals surface area contributed by atoms with Crippen molar-refractivity contribution in [2.24, 2.45) is 0 Å². The number of aromatic hydroxyl groups is 1. The monoisotopic (exact) mass is 382 g/mol. The summed E-state index contributed by atoms with van der Waals surface area (Å²) in [6.07, 6.45) is 0. The molecule has 0 saturated carbocycles. The van der Waals surface area contributed by atoms with Gasteiger partial charge in [-0.3, -0.25) is 4.79 Å². The minimum absolute atomic E-state index is 0.0455. The van der Waals surface area contributed by atoms with Crippen LogP contribution in [0.25, 0.3) is 0 Å². The Morgan fingerprint density at radius 1 is 1.12 bits per heavy atom. The van der Waals surface area contributed by atoms with Gasteiger partial charge in [-0.15, -0.1) is 0 Å². The van der Waals surface area contributed by atoms with Crippen molar-refractivity contribution in [2.45, 2.75) is 6.92 Å². The number of ketones is 1. The summed E-state index contributed by atoms with van der Waals surface area (Å²) in [7, 11) is 0. The smallest absolute Gasteiger partial charge is 0.337 e. The van der Waals surface area contributed by atoms with Gasteiger partial charge >= 0.3 is 5.97 Å². The summed E-state index contributed by atoms with van der Waals surface area (Å²) in [6, 6.07) is 7.14. The molecule has 0 amide bonds. The molecule has 132 valence electrons. The van der Waals surface area contributed by atoms with E-state index in [4.69, 9.17) is 34.0 Å². The molecule has 0 spiro atoms. The highest BCUT2D eigenvalue weighted by Crippen LogP contribution is 2.28. The van der Waals surface area contributed by atoms with Crippen LogP contribution < -0.4 is 10.6 Å². The fraction of sp³-hybridized carbons (Fsp3) is 0.176. The van der Waals surface area contributed by atoms with E-state index in [0.717, 1.165) is 12.1 Å². The summed E-state index contributed by atoms with van der Waals surface area (Å²) >= 11 is 11.9. The van der Waals surface area contributed by atoms with E-state index in [1.807, 2.05) is 6.92 Å². The van der Waals surface area contributed by atoms with Crippen LogP contribution in [-0.2, 0) is 0 Å². The number of benzene rings is 2. The minimum atomic E-state index is -1.32. The maximum Gasteiger partial charge on any atom is 0.337 e. The summed E-state index contributed by atoms with van der Waals surface area (Å²) in [6.45, 7) is 2.28. The molecule has 4 N–H and O–H groups in total. The first-order valence-corrected chi connectivity index (χ1v) is 8.09. The number of likely N-dealkylation sites (N-methyl/N-ethyl adjacent to an activating group) is 1. The number of Topliss-reactive ketones (excluding diaryl/α,β-unsaturated/α-hetero) is 1. The molecule has 0 saturated heterocycles. The molecule has 0 unspecified atom stereocenters. The molecule has 0 aliphatic heterocycles. The first-order chi connectivity index (χ1) is 11.7. The third-order valence-corrected chi connectivity index (χ3v) is 4.42. The normalized spacial score (nSPS) is 10.5. The second-order valence-electron chi connectivity index (χ2n) is 5.30. The Morgan fingerprint density at radius 3 is 2.32 bits per heavy atom. The van der Waals surface area contributed by atoms with Crippen molar-refractivity contribution in [2.75, 3.05) is 23.7 Å². The number of nitrogen functional groups attached to an aromatic ring is 1. The van der Waals surface area contributed by atoms with Crippen molar-refractivity contribution >= 4 is 46.3 Å². The summed E-state index contributed by atoms with van der Waals surface area (Å²) in [5.41, 5.74) is 5.92. The Morgan fingerprint density at radius 2 is 1.76 bits per heavy atom. The predicted octanol–water partition coefficient (Wildman–Crippen LogP) is 3.69. The quantitative estimate of drug-likeness (QED) is 0.399. The molecule has 0 aliphatic carbocycles. The average Bonchev–Trinajstić information content (AvgIpc) is 2.56. The van der Waals surface area contributed by atoms with E-state index < -0.39 is 11.8 Å². The van der Waals surface area contributed by atoms with Crippen molar-refractivity contribution < 1.29 is 19.8 Å². The topological polar surface area (TPSA) is 104 Å². The van der Waals surface area contributed by atoms with Crippen molar-refractivity contribution in [1.29, 1.82) is 0 Å². The minimum Gasteiger partial charge on any atom is -0.508 e. The van der Waals surface area contributed by atoms with Gasteiger partial charge in [0.1, 0.15) is 5.75 Å². The van der Waals surface area contributed by atoms with Crippen LogP contribution in [0.3, 0.4) is 0 Å². The first-order valence-electron chi connectivity index (χ1n) is 7.33. The number of carbonyl (C=O) groups is 2. The maximum absolute atomic E-state index is 12.6. The number of anilines is 2. The van der Waals surface area contributed by atoms with E-state index in [0.29, 0.717) is 22.3 Å². The summed E-state index contributed by atoms with van der Waals surface area (Å²) in [5, 5.41) is 19.5. The number of nitrogens with zero attached hydrogens (tertiary/aromatic N) is 1. The highest BCUT2D eigenvalue weighted by molar-refractivity contribution is 6.42. The van der Waals surface area contributed by atoms with Crippen LogP contribution in [-0.4, -0.2) is 35.1 Å². The lowest BCUT2D eigenvalue weighted by Gasteiger charge is -2.23. The third-order valence-electron chi connectivity index (χ3n) is 3.68. The van der Waals surface area contributed by atoms with Gasteiger partial charge in [0.2, 0.25) is 0 Å². The zero-order valence-electron chi connectivity index (χ0n) is 13.3. The highest BCUT2D eigenvalue weighted by atomic mass is 35.5. The third kappa shape index (κ3) is 4.15. The van der Waals surface area contributed by atoms with Crippen molar-refractivity contribution in [3.8, 4) is 5.75 Å². The summed E-state index contributed by atoms with van der Waals surface area (Å²) < 4.78 is 0. The molecule has 6 nitrogen and oxygen atoms in total. The Bertz CT molecular complexity index is 840. The molecule has 0 heterocycles. The van der Waals surface area contributed by atoms with Crippen molar-refractivity contribution in [1.82, 2.24) is 0 Å². The molecular formula is C17H16Cl2N2O4. The summed E-state index contributed by atoms with van der Waals surface area (Å²) in [4.78, 5) is 25.5. The van der Waals surface area contributed by atoms with Crippen LogP contribution in [0.15, 0.2) is 30.3 Å². The highest BCUT2D eigenvalue weighted by Gasteiger charge is 2.20. The predicted molar refractivity (Wildman–Crippen MR) is 98.2 cm³/mol. The molecule has 0 atom stereocenters. The van der Waals surface area contributed by atoms with Crippen LogP contribution in [0.5, 0.6) is 5.75 Å². The van der Waals surface area contributed by atoms with E-state index >= 15 is 0 Å². The summed E-state index contributed by atoms with van der Waals surface area (Å²) in [5.74, 6) is -2.09. The van der Waals surface area contributed by atoms with Crippen molar-refractivity contribution in [3.05, 3.63) is 51.5 Å². The van der Waals surface area contributed by atoms with Crippen LogP contribution in [0.2, 0.25) is 10.0 Å². The molecule has 2 rings (SSSR count). The molecule has 2 aromatic rings. The van der Waals surface area contributed by atoms with Crippen LogP contribution >= 0.6 is 23.2 Å². The number of carbonyl (C=O) groups excluding carboxylic acids is 1. The lowest BCUT2D eigenvalue weighted by molar-refractivity contribution is 0.0697. The van der Waals surface area contributed by atoms with E-state index in [-0.39, 0.29) is 29.1 Å². The van der Waals surface area contributed by atoms with Crippen LogP contribution in [0, 0.1) is 0 Å². The average molecular weight is 383 g/mol. The molecule has 0 aliphatic rings.